The molecule has 0 spiro atoms. The molecule has 0 atom stereocenters. The zero-order valence-electron chi connectivity index (χ0n) is 14.5. The zero-order valence-corrected chi connectivity index (χ0v) is 16.0. The molecule has 2 aromatic heterocycles. The highest BCUT2D eigenvalue weighted by Crippen LogP contribution is 2.34. The van der Waals surface area contributed by atoms with Gasteiger partial charge in [0, 0.05) is 36.7 Å². The Hall–Kier alpha value is -2.83. The van der Waals surface area contributed by atoms with Crippen LogP contribution in [0.4, 0.5) is 5.69 Å². The number of methoxy groups -OCH3 is 1. The van der Waals surface area contributed by atoms with E-state index in [2.05, 4.69) is 9.97 Å². The van der Waals surface area contributed by atoms with E-state index in [1.807, 2.05) is 0 Å². The Bertz CT molecular complexity index is 982. The van der Waals surface area contributed by atoms with Gasteiger partial charge in [-0.05, 0) is 30.3 Å². The summed E-state index contributed by atoms with van der Waals surface area (Å²) in [7, 11) is 3.11. The number of anilines is 1. The molecular formula is C19H15Cl2N3O3. The maximum atomic E-state index is 13.0. The van der Waals surface area contributed by atoms with Crippen LogP contribution >= 0.6 is 23.2 Å². The lowest BCUT2D eigenvalue weighted by molar-refractivity contribution is 0.0989. The van der Waals surface area contributed by atoms with E-state index in [0.717, 1.165) is 0 Å². The largest absolute Gasteiger partial charge is 0.480 e. The molecule has 3 aromatic rings. The number of halogens is 2. The molecule has 0 fully saturated rings. The van der Waals surface area contributed by atoms with Crippen molar-refractivity contribution in [1.82, 2.24) is 9.97 Å². The second-order valence-corrected chi connectivity index (χ2v) is 6.29. The highest BCUT2D eigenvalue weighted by atomic mass is 35.5. The first-order chi connectivity index (χ1) is 13.0. The Morgan fingerprint density at radius 3 is 2.70 bits per heavy atom. The molecule has 138 valence electrons. The third-order valence-electron chi connectivity index (χ3n) is 3.74. The van der Waals surface area contributed by atoms with Gasteiger partial charge in [-0.1, -0.05) is 23.2 Å². The molecule has 0 saturated carbocycles. The lowest BCUT2D eigenvalue weighted by Crippen LogP contribution is -2.27. The van der Waals surface area contributed by atoms with Crippen LogP contribution in [0.15, 0.2) is 55.0 Å². The minimum atomic E-state index is -0.345. The summed E-state index contributed by atoms with van der Waals surface area (Å²) >= 11 is 12.2. The normalized spacial score (nSPS) is 10.4. The number of carbonyl (C=O) groups is 1. The van der Waals surface area contributed by atoms with Crippen LogP contribution in [0.1, 0.15) is 10.4 Å². The molecule has 1 aromatic carbocycles. The first kappa shape index (κ1) is 18.9. The predicted molar refractivity (Wildman–Crippen MR) is 104 cm³/mol. The van der Waals surface area contributed by atoms with Gasteiger partial charge in [-0.15, -0.1) is 0 Å². The Labute approximate surface area is 166 Å². The van der Waals surface area contributed by atoms with E-state index in [9.17, 15) is 4.79 Å². The monoisotopic (exact) mass is 403 g/mol. The van der Waals surface area contributed by atoms with Crippen LogP contribution in [0, 0.1) is 0 Å². The van der Waals surface area contributed by atoms with Gasteiger partial charge < -0.3 is 14.4 Å². The molecule has 0 aliphatic rings. The van der Waals surface area contributed by atoms with Crippen molar-refractivity contribution in [2.24, 2.45) is 0 Å². The van der Waals surface area contributed by atoms with E-state index >= 15 is 0 Å². The minimum absolute atomic E-state index is 0.252. The summed E-state index contributed by atoms with van der Waals surface area (Å²) in [5, 5.41) is 0.838. The summed E-state index contributed by atoms with van der Waals surface area (Å²) in [4.78, 5) is 22.6. The summed E-state index contributed by atoms with van der Waals surface area (Å²) in [6, 6.07) is 9.88. The third-order valence-corrected chi connectivity index (χ3v) is 4.28. The fourth-order valence-corrected chi connectivity index (χ4v) is 2.71. The van der Waals surface area contributed by atoms with Crippen molar-refractivity contribution in [1.29, 1.82) is 0 Å². The fraction of sp³-hybridized carbons (Fsp3) is 0.105. The average molecular weight is 404 g/mol. The molecule has 0 saturated heterocycles. The van der Waals surface area contributed by atoms with E-state index in [4.69, 9.17) is 32.7 Å². The number of amides is 1. The van der Waals surface area contributed by atoms with Crippen LogP contribution in [0.2, 0.25) is 10.0 Å². The van der Waals surface area contributed by atoms with Crippen molar-refractivity contribution in [3.05, 3.63) is 70.6 Å². The van der Waals surface area contributed by atoms with Crippen molar-refractivity contribution in [3.63, 3.8) is 0 Å². The second kappa shape index (κ2) is 8.24. The number of hydrogen-bond donors (Lipinski definition) is 0. The number of pyridine rings is 2. The number of ether oxygens (including phenoxy) is 2. The van der Waals surface area contributed by atoms with Gasteiger partial charge in [0.25, 0.3) is 5.91 Å². The van der Waals surface area contributed by atoms with Crippen molar-refractivity contribution in [3.8, 4) is 17.4 Å². The highest BCUT2D eigenvalue weighted by Gasteiger charge is 2.22. The summed E-state index contributed by atoms with van der Waals surface area (Å²) in [5.41, 5.74) is 0.766. The maximum absolute atomic E-state index is 13.0. The van der Waals surface area contributed by atoms with Gasteiger partial charge in [-0.2, -0.15) is 0 Å². The molecule has 0 N–H and O–H groups in total. The molecular weight excluding hydrogens is 389 g/mol. The van der Waals surface area contributed by atoms with Crippen LogP contribution in [0.25, 0.3) is 0 Å². The number of rotatable bonds is 5. The molecule has 8 heteroatoms. The Kier molecular flexibility index (Phi) is 5.78. The van der Waals surface area contributed by atoms with Gasteiger partial charge >= 0.3 is 0 Å². The zero-order chi connectivity index (χ0) is 19.4. The van der Waals surface area contributed by atoms with Crippen molar-refractivity contribution >= 4 is 34.8 Å². The Morgan fingerprint density at radius 2 is 1.93 bits per heavy atom. The Balaban J connectivity index is 1.95. The predicted octanol–water partition coefficient (Wildman–Crippen LogP) is 4.86. The SMILES string of the molecule is COc1ncccc1N(C)C(=O)c1cnccc1Oc1cc(Cl)ccc1Cl. The van der Waals surface area contributed by atoms with E-state index in [1.165, 1.54) is 24.4 Å². The van der Waals surface area contributed by atoms with E-state index in [1.54, 1.807) is 49.6 Å². The van der Waals surface area contributed by atoms with Crippen molar-refractivity contribution < 1.29 is 14.3 Å². The summed E-state index contributed by atoms with van der Waals surface area (Å²) in [6.45, 7) is 0. The van der Waals surface area contributed by atoms with Crippen LogP contribution in [0.5, 0.6) is 17.4 Å². The molecule has 0 bridgehead atoms. The molecule has 0 aliphatic heterocycles. The molecule has 2 heterocycles. The van der Waals surface area contributed by atoms with Gasteiger partial charge in [0.05, 0.1) is 12.1 Å². The third kappa shape index (κ3) is 4.13. The second-order valence-electron chi connectivity index (χ2n) is 5.44. The van der Waals surface area contributed by atoms with E-state index in [-0.39, 0.29) is 11.5 Å². The summed E-state index contributed by atoms with van der Waals surface area (Å²) in [5.74, 6) is 0.625. The van der Waals surface area contributed by atoms with Crippen LogP contribution in [-0.2, 0) is 0 Å². The average Bonchev–Trinajstić information content (AvgIpc) is 2.70. The minimum Gasteiger partial charge on any atom is -0.480 e. The Morgan fingerprint density at radius 1 is 1.11 bits per heavy atom. The molecule has 0 unspecified atom stereocenters. The summed E-state index contributed by atoms with van der Waals surface area (Å²) in [6.07, 6.45) is 4.53. The number of aromatic nitrogens is 2. The lowest BCUT2D eigenvalue weighted by atomic mass is 10.2. The number of carbonyl (C=O) groups excluding carboxylic acids is 1. The van der Waals surface area contributed by atoms with Crippen LogP contribution < -0.4 is 14.4 Å². The standard InChI is InChI=1S/C19H15Cl2N3O3/c1-24(15-4-3-8-23-18(15)26-2)19(25)13-11-22-9-7-16(13)27-17-10-12(20)5-6-14(17)21/h3-11H,1-2H3. The quantitative estimate of drug-likeness (QED) is 0.608. The molecule has 0 radical (unpaired) electrons. The van der Waals surface area contributed by atoms with Gasteiger partial charge in [0.2, 0.25) is 5.88 Å². The lowest BCUT2D eigenvalue weighted by Gasteiger charge is -2.20. The first-order valence-electron chi connectivity index (χ1n) is 7.85. The summed E-state index contributed by atoms with van der Waals surface area (Å²) < 4.78 is 11.1. The van der Waals surface area contributed by atoms with Crippen molar-refractivity contribution in [2.75, 3.05) is 19.1 Å². The molecule has 6 nitrogen and oxygen atoms in total. The molecule has 1 amide bonds. The van der Waals surface area contributed by atoms with Crippen molar-refractivity contribution in [2.45, 2.75) is 0 Å². The van der Waals surface area contributed by atoms with Gasteiger partial charge in [-0.25, -0.2) is 4.98 Å². The smallest absolute Gasteiger partial charge is 0.263 e. The van der Waals surface area contributed by atoms with Gasteiger partial charge in [-0.3, -0.25) is 9.78 Å². The highest BCUT2D eigenvalue weighted by molar-refractivity contribution is 6.34. The van der Waals surface area contributed by atoms with E-state index < -0.39 is 0 Å². The molecule has 0 aliphatic carbocycles. The topological polar surface area (TPSA) is 64.5 Å². The number of nitrogens with zero attached hydrogens (tertiary/aromatic N) is 3. The molecule has 27 heavy (non-hydrogen) atoms. The molecule has 3 rings (SSSR count). The number of hydrogen-bond acceptors (Lipinski definition) is 5. The fourth-order valence-electron chi connectivity index (χ4n) is 2.39. The maximum Gasteiger partial charge on any atom is 0.263 e. The van der Waals surface area contributed by atoms with Gasteiger partial charge in [0.15, 0.2) is 0 Å². The van der Waals surface area contributed by atoms with E-state index in [0.29, 0.717) is 33.1 Å². The van der Waals surface area contributed by atoms with Crippen LogP contribution in [0.3, 0.4) is 0 Å². The van der Waals surface area contributed by atoms with Crippen LogP contribution in [-0.4, -0.2) is 30.0 Å². The van der Waals surface area contributed by atoms with Gasteiger partial charge in [0.1, 0.15) is 22.7 Å². The first-order valence-corrected chi connectivity index (χ1v) is 8.61. The number of benzene rings is 1.